The molecule has 0 fully saturated rings. The zero-order valence-electron chi connectivity index (χ0n) is 9.51. The van der Waals surface area contributed by atoms with Crippen molar-refractivity contribution in [3.63, 3.8) is 0 Å². The predicted molar refractivity (Wildman–Crippen MR) is 63.1 cm³/mol. The van der Waals surface area contributed by atoms with Gasteiger partial charge in [-0.05, 0) is 0 Å². The van der Waals surface area contributed by atoms with Crippen LogP contribution in [0, 0.1) is 11.6 Å². The van der Waals surface area contributed by atoms with Crippen LogP contribution in [0.3, 0.4) is 0 Å². The second-order valence-corrected chi connectivity index (χ2v) is 3.62. The quantitative estimate of drug-likeness (QED) is 0.833. The third-order valence-corrected chi connectivity index (χ3v) is 2.08. The molecule has 0 bridgehead atoms. The van der Waals surface area contributed by atoms with E-state index < -0.39 is 11.6 Å². The van der Waals surface area contributed by atoms with Crippen LogP contribution in [0.1, 0.15) is 0 Å². The van der Waals surface area contributed by atoms with Crippen LogP contribution >= 0.6 is 0 Å². The average Bonchev–Trinajstić information content (AvgIpc) is 2.26. The van der Waals surface area contributed by atoms with Gasteiger partial charge in [-0.25, -0.2) is 8.78 Å². The third-order valence-electron chi connectivity index (χ3n) is 2.08. The van der Waals surface area contributed by atoms with Crippen LogP contribution in [0.2, 0.25) is 0 Å². The summed E-state index contributed by atoms with van der Waals surface area (Å²) in [6, 6.07) is 6.24. The number of hydrogen-bond acceptors (Lipinski definition) is 4. The first-order chi connectivity index (χ1) is 9.02. The van der Waals surface area contributed by atoms with Gasteiger partial charge in [0.05, 0.1) is 0 Å². The van der Waals surface area contributed by atoms with Crippen molar-refractivity contribution < 1.29 is 28.3 Å². The molecule has 0 aliphatic rings. The number of hydrogen-bond donors (Lipinski definition) is 2. The van der Waals surface area contributed by atoms with Crippen LogP contribution in [0.5, 0.6) is 23.0 Å². The molecule has 2 aromatic carbocycles. The van der Waals surface area contributed by atoms with Gasteiger partial charge in [-0.1, -0.05) is 0 Å². The smallest absolute Gasteiger partial charge is 0.526 e. The lowest BCUT2D eigenvalue weighted by Gasteiger charge is -2.07. The molecule has 2 aromatic rings. The Morgan fingerprint density at radius 2 is 1.16 bits per heavy atom. The van der Waals surface area contributed by atoms with E-state index in [0.29, 0.717) is 0 Å². The molecule has 0 spiro atoms. The van der Waals surface area contributed by atoms with Gasteiger partial charge in [0.15, 0.2) is 0 Å². The van der Waals surface area contributed by atoms with E-state index in [-0.39, 0.29) is 23.0 Å². The van der Waals surface area contributed by atoms with Crippen molar-refractivity contribution in [3.05, 3.63) is 48.0 Å². The van der Waals surface area contributed by atoms with Crippen molar-refractivity contribution in [2.24, 2.45) is 0 Å². The maximum atomic E-state index is 12.9. The molecule has 7 heteroatoms. The highest BCUT2D eigenvalue weighted by Gasteiger charge is 2.06. The number of halogens is 2. The van der Waals surface area contributed by atoms with Crippen LogP contribution in [0.4, 0.5) is 8.78 Å². The van der Waals surface area contributed by atoms with E-state index in [2.05, 4.69) is 0 Å². The van der Waals surface area contributed by atoms with Gasteiger partial charge in [-0.2, -0.15) is 0 Å². The zero-order chi connectivity index (χ0) is 13.8. The van der Waals surface area contributed by atoms with E-state index in [1.165, 1.54) is 12.1 Å². The molecule has 0 saturated heterocycles. The molecule has 4 nitrogen and oxygen atoms in total. The number of aromatic hydroxyl groups is 2. The maximum Gasteiger partial charge on any atom is 0.658 e. The van der Waals surface area contributed by atoms with Gasteiger partial charge < -0.3 is 19.5 Å². The zero-order valence-corrected chi connectivity index (χ0v) is 9.51. The minimum Gasteiger partial charge on any atom is -0.526 e. The molecule has 0 saturated carbocycles. The summed E-state index contributed by atoms with van der Waals surface area (Å²) in [5.74, 6) is -1.92. The van der Waals surface area contributed by atoms with Crippen molar-refractivity contribution in [2.45, 2.75) is 0 Å². The minimum absolute atomic E-state index is 0.0122. The molecule has 0 atom stereocenters. The summed E-state index contributed by atoms with van der Waals surface area (Å²) in [4.78, 5) is 0. The highest BCUT2D eigenvalue weighted by Crippen LogP contribution is 2.22. The third kappa shape index (κ3) is 3.77. The lowest BCUT2D eigenvalue weighted by Crippen LogP contribution is -2.11. The van der Waals surface area contributed by atoms with E-state index in [0.717, 1.165) is 32.0 Å². The summed E-state index contributed by atoms with van der Waals surface area (Å²) in [6.45, 7) is 0. The van der Waals surface area contributed by atoms with Crippen molar-refractivity contribution in [2.75, 3.05) is 0 Å². The lowest BCUT2D eigenvalue weighted by atomic mass is 10.2. The van der Waals surface area contributed by atoms with Gasteiger partial charge in [0.1, 0.15) is 34.6 Å². The van der Waals surface area contributed by atoms with Crippen molar-refractivity contribution in [3.8, 4) is 23.0 Å². The highest BCUT2D eigenvalue weighted by molar-refractivity contribution is 6.20. The average molecular weight is 265 g/mol. The Morgan fingerprint density at radius 1 is 0.737 bits per heavy atom. The monoisotopic (exact) mass is 265 g/mol. The van der Waals surface area contributed by atoms with Crippen molar-refractivity contribution >= 4 is 7.69 Å². The highest BCUT2D eigenvalue weighted by atomic mass is 19.1. The molecule has 0 unspecified atom stereocenters. The normalized spacial score (nSPS) is 10.0. The largest absolute Gasteiger partial charge is 0.658 e. The molecule has 0 aromatic heterocycles. The topological polar surface area (TPSA) is 58.9 Å². The summed E-state index contributed by atoms with van der Waals surface area (Å²) < 4.78 is 35.6. The van der Waals surface area contributed by atoms with Crippen LogP contribution in [-0.2, 0) is 0 Å². The second-order valence-electron chi connectivity index (χ2n) is 3.62. The SMILES string of the molecule is Oc1cc(F)cc(O[B]Oc2cc(O)cc(F)c2)c1. The van der Waals surface area contributed by atoms with E-state index >= 15 is 0 Å². The van der Waals surface area contributed by atoms with Crippen LogP contribution in [0.15, 0.2) is 36.4 Å². The second kappa shape index (κ2) is 5.47. The summed E-state index contributed by atoms with van der Waals surface area (Å²) in [7, 11) is 0.822. The fraction of sp³-hybridized carbons (Fsp3) is 0. The maximum absolute atomic E-state index is 12.9. The molecule has 0 heterocycles. The Hall–Kier alpha value is -2.44. The first-order valence-corrected chi connectivity index (χ1v) is 5.17. The number of phenolic OH excluding ortho intramolecular Hbond substituents is 2. The predicted octanol–water partition coefficient (Wildman–Crippen LogP) is 2.37. The fourth-order valence-corrected chi connectivity index (χ4v) is 1.37. The first kappa shape index (κ1) is 13.0. The Balaban J connectivity index is 1.96. The molecule has 1 radical (unpaired) electrons. The number of phenols is 2. The van der Waals surface area contributed by atoms with E-state index in [4.69, 9.17) is 19.5 Å². The van der Waals surface area contributed by atoms with E-state index in [1.54, 1.807) is 0 Å². The van der Waals surface area contributed by atoms with Crippen molar-refractivity contribution in [1.82, 2.24) is 0 Å². The van der Waals surface area contributed by atoms with Crippen LogP contribution in [0.25, 0.3) is 0 Å². The molecule has 19 heavy (non-hydrogen) atoms. The Kier molecular flexibility index (Phi) is 3.75. The number of benzene rings is 2. The van der Waals surface area contributed by atoms with Gasteiger partial charge in [-0.15, -0.1) is 0 Å². The van der Waals surface area contributed by atoms with Gasteiger partial charge in [0.25, 0.3) is 0 Å². The molecular weight excluding hydrogens is 257 g/mol. The summed E-state index contributed by atoms with van der Waals surface area (Å²) >= 11 is 0. The van der Waals surface area contributed by atoms with Gasteiger partial charge in [-0.3, -0.25) is 0 Å². The van der Waals surface area contributed by atoms with E-state index in [1.807, 2.05) is 0 Å². The van der Waals surface area contributed by atoms with Gasteiger partial charge >= 0.3 is 7.69 Å². The Labute approximate surface area is 108 Å². The molecule has 0 amide bonds. The molecule has 2 N–H and O–H groups in total. The summed E-state index contributed by atoms with van der Waals surface area (Å²) in [5.41, 5.74) is 0. The van der Waals surface area contributed by atoms with Crippen LogP contribution in [-0.4, -0.2) is 17.9 Å². The van der Waals surface area contributed by atoms with Crippen molar-refractivity contribution in [1.29, 1.82) is 0 Å². The molecule has 0 aliphatic carbocycles. The molecule has 0 aliphatic heterocycles. The molecule has 2 rings (SSSR count). The Bertz CT molecular complexity index is 500. The van der Waals surface area contributed by atoms with Crippen LogP contribution < -0.4 is 9.31 Å². The number of rotatable bonds is 4. The molecular formula is C12H8BF2O4. The van der Waals surface area contributed by atoms with Gasteiger partial charge in [0, 0.05) is 36.4 Å². The summed E-state index contributed by atoms with van der Waals surface area (Å²) in [5, 5.41) is 18.3. The molecule has 97 valence electrons. The fourth-order valence-electron chi connectivity index (χ4n) is 1.37. The lowest BCUT2D eigenvalue weighted by molar-refractivity contribution is 0.434. The Morgan fingerprint density at radius 3 is 1.53 bits per heavy atom. The van der Waals surface area contributed by atoms with Gasteiger partial charge in [0.2, 0.25) is 0 Å². The minimum atomic E-state index is -0.674. The first-order valence-electron chi connectivity index (χ1n) is 5.17. The standard InChI is InChI=1S/C12H8BF2O4/c14-7-1-9(16)5-11(3-7)18-13-19-12-4-8(15)2-10(17)6-12/h1-6,16-17H. The summed E-state index contributed by atoms with van der Waals surface area (Å²) in [6.07, 6.45) is 0. The van der Waals surface area contributed by atoms with E-state index in [9.17, 15) is 8.78 Å².